The minimum atomic E-state index is -1.15. The van der Waals surface area contributed by atoms with Crippen LogP contribution in [0, 0.1) is 0 Å². The van der Waals surface area contributed by atoms with Gasteiger partial charge in [-0.25, -0.2) is 9.48 Å². The normalized spacial score (nSPS) is 13.9. The summed E-state index contributed by atoms with van der Waals surface area (Å²) in [5.74, 6) is -0.820. The molecule has 2 heterocycles. The van der Waals surface area contributed by atoms with Gasteiger partial charge in [0.1, 0.15) is 6.54 Å². The summed E-state index contributed by atoms with van der Waals surface area (Å²) in [5, 5.41) is 16.1. The molecule has 1 aliphatic rings. The standard InChI is InChI=1S/C17H20N4O3/c1-11(2)12-5-6-15-13(8-12)4-3-7-21(15)16(22)10-20-9-14(17(23)24)18-19-20/h5-6,8-9,11H,3-4,7,10H2,1-2H3,(H,23,24). The monoisotopic (exact) mass is 328 g/mol. The van der Waals surface area contributed by atoms with E-state index in [1.807, 2.05) is 6.07 Å². The highest BCUT2D eigenvalue weighted by atomic mass is 16.4. The Bertz CT molecular complexity index is 782. The van der Waals surface area contributed by atoms with E-state index in [0.29, 0.717) is 12.5 Å². The number of anilines is 1. The molecule has 0 bridgehead atoms. The van der Waals surface area contributed by atoms with Gasteiger partial charge in [-0.05, 0) is 36.0 Å². The van der Waals surface area contributed by atoms with Crippen molar-refractivity contribution in [2.75, 3.05) is 11.4 Å². The molecular weight excluding hydrogens is 308 g/mol. The van der Waals surface area contributed by atoms with E-state index in [0.717, 1.165) is 18.5 Å². The Morgan fingerprint density at radius 2 is 2.12 bits per heavy atom. The molecular formula is C17H20N4O3. The van der Waals surface area contributed by atoms with Gasteiger partial charge in [0.2, 0.25) is 5.91 Å². The lowest BCUT2D eigenvalue weighted by Crippen LogP contribution is -2.38. The third kappa shape index (κ3) is 3.15. The van der Waals surface area contributed by atoms with Crippen molar-refractivity contribution in [1.82, 2.24) is 15.0 Å². The van der Waals surface area contributed by atoms with Crippen molar-refractivity contribution < 1.29 is 14.7 Å². The molecule has 0 fully saturated rings. The van der Waals surface area contributed by atoms with E-state index in [1.165, 1.54) is 22.0 Å². The number of carboxylic acids is 1. The van der Waals surface area contributed by atoms with Gasteiger partial charge in [0, 0.05) is 12.2 Å². The summed E-state index contributed by atoms with van der Waals surface area (Å²) in [6, 6.07) is 6.25. The Morgan fingerprint density at radius 3 is 2.79 bits per heavy atom. The number of rotatable bonds is 4. The van der Waals surface area contributed by atoms with E-state index in [1.54, 1.807) is 4.90 Å². The van der Waals surface area contributed by atoms with E-state index >= 15 is 0 Å². The number of aromatic carboxylic acids is 1. The van der Waals surface area contributed by atoms with Crippen molar-refractivity contribution in [3.8, 4) is 0 Å². The fraction of sp³-hybridized carbons (Fsp3) is 0.412. The van der Waals surface area contributed by atoms with Crippen LogP contribution in [0.4, 0.5) is 5.69 Å². The molecule has 3 rings (SSSR count). The van der Waals surface area contributed by atoms with E-state index in [4.69, 9.17) is 5.11 Å². The summed E-state index contributed by atoms with van der Waals surface area (Å²) in [4.78, 5) is 25.2. The van der Waals surface area contributed by atoms with Gasteiger partial charge in [-0.15, -0.1) is 5.10 Å². The molecule has 24 heavy (non-hydrogen) atoms. The van der Waals surface area contributed by atoms with Gasteiger partial charge in [-0.1, -0.05) is 31.2 Å². The predicted octanol–water partition coefficient (Wildman–Crippen LogP) is 2.08. The fourth-order valence-corrected chi connectivity index (χ4v) is 2.93. The highest BCUT2D eigenvalue weighted by molar-refractivity contribution is 5.94. The van der Waals surface area contributed by atoms with Gasteiger partial charge in [-0.2, -0.15) is 0 Å². The molecule has 0 saturated heterocycles. The SMILES string of the molecule is CC(C)c1ccc2c(c1)CCCN2C(=O)Cn1cc(C(=O)O)nn1. The lowest BCUT2D eigenvalue weighted by Gasteiger charge is -2.30. The van der Waals surface area contributed by atoms with E-state index in [-0.39, 0.29) is 18.1 Å². The average Bonchev–Trinajstić information content (AvgIpc) is 3.02. The lowest BCUT2D eigenvalue weighted by molar-refractivity contribution is -0.119. The van der Waals surface area contributed by atoms with Crippen LogP contribution in [0.2, 0.25) is 0 Å². The van der Waals surface area contributed by atoms with Crippen LogP contribution in [0.5, 0.6) is 0 Å². The zero-order valence-corrected chi connectivity index (χ0v) is 13.8. The molecule has 0 unspecified atom stereocenters. The van der Waals surface area contributed by atoms with Crippen molar-refractivity contribution in [1.29, 1.82) is 0 Å². The van der Waals surface area contributed by atoms with Crippen molar-refractivity contribution in [2.24, 2.45) is 0 Å². The largest absolute Gasteiger partial charge is 0.476 e. The number of benzene rings is 1. The predicted molar refractivity (Wildman–Crippen MR) is 88.2 cm³/mol. The molecule has 0 spiro atoms. The summed E-state index contributed by atoms with van der Waals surface area (Å²) in [5.41, 5.74) is 3.23. The number of carbonyl (C=O) groups is 2. The van der Waals surface area contributed by atoms with Crippen LogP contribution in [0.25, 0.3) is 0 Å². The summed E-state index contributed by atoms with van der Waals surface area (Å²) in [7, 11) is 0. The number of amides is 1. The van der Waals surface area contributed by atoms with Crippen LogP contribution in [0.1, 0.15) is 47.8 Å². The highest BCUT2D eigenvalue weighted by Crippen LogP contribution is 2.30. The number of carboxylic acid groups (broad SMARTS) is 1. The molecule has 0 radical (unpaired) electrons. The molecule has 7 heteroatoms. The van der Waals surface area contributed by atoms with Crippen LogP contribution >= 0.6 is 0 Å². The smallest absolute Gasteiger partial charge is 0.358 e. The summed E-state index contributed by atoms with van der Waals surface area (Å²) >= 11 is 0. The first-order valence-corrected chi connectivity index (χ1v) is 8.02. The minimum Gasteiger partial charge on any atom is -0.476 e. The summed E-state index contributed by atoms with van der Waals surface area (Å²) < 4.78 is 1.27. The Balaban J connectivity index is 1.80. The van der Waals surface area contributed by atoms with Gasteiger partial charge in [0.05, 0.1) is 6.20 Å². The van der Waals surface area contributed by atoms with Crippen LogP contribution in [-0.2, 0) is 17.8 Å². The van der Waals surface area contributed by atoms with Crippen LogP contribution < -0.4 is 4.90 Å². The molecule has 1 amide bonds. The first-order valence-electron chi connectivity index (χ1n) is 8.02. The van der Waals surface area contributed by atoms with Crippen molar-refractivity contribution >= 4 is 17.6 Å². The van der Waals surface area contributed by atoms with Gasteiger partial charge in [0.25, 0.3) is 0 Å². The molecule has 2 aromatic rings. The third-order valence-electron chi connectivity index (χ3n) is 4.24. The number of aryl methyl sites for hydroxylation is 1. The Kier molecular flexibility index (Phi) is 4.33. The first-order chi connectivity index (χ1) is 11.5. The molecule has 0 aliphatic carbocycles. The van der Waals surface area contributed by atoms with Crippen LogP contribution in [-0.4, -0.2) is 38.5 Å². The van der Waals surface area contributed by atoms with E-state index in [2.05, 4.69) is 36.3 Å². The number of hydrogen-bond donors (Lipinski definition) is 1. The zero-order chi connectivity index (χ0) is 17.3. The average molecular weight is 328 g/mol. The minimum absolute atomic E-state index is 0.0222. The van der Waals surface area contributed by atoms with Crippen molar-refractivity contribution in [3.63, 3.8) is 0 Å². The lowest BCUT2D eigenvalue weighted by atomic mass is 9.95. The molecule has 7 nitrogen and oxygen atoms in total. The topological polar surface area (TPSA) is 88.3 Å². The van der Waals surface area contributed by atoms with E-state index in [9.17, 15) is 9.59 Å². The van der Waals surface area contributed by atoms with Gasteiger partial charge < -0.3 is 10.0 Å². The van der Waals surface area contributed by atoms with Gasteiger partial charge in [-0.3, -0.25) is 4.79 Å². The van der Waals surface area contributed by atoms with E-state index < -0.39 is 5.97 Å². The quantitative estimate of drug-likeness (QED) is 0.928. The Labute approximate surface area is 139 Å². The summed E-state index contributed by atoms with van der Waals surface area (Å²) in [6.45, 7) is 4.94. The van der Waals surface area contributed by atoms with Crippen molar-refractivity contribution in [3.05, 3.63) is 41.2 Å². The maximum atomic E-state index is 12.6. The number of carbonyl (C=O) groups excluding carboxylic acids is 1. The summed E-state index contributed by atoms with van der Waals surface area (Å²) in [6.07, 6.45) is 3.15. The molecule has 0 saturated carbocycles. The first kappa shape index (κ1) is 16.2. The maximum Gasteiger partial charge on any atom is 0.358 e. The number of nitrogens with zero attached hydrogens (tertiary/aromatic N) is 4. The second kappa shape index (κ2) is 6.43. The molecule has 126 valence electrons. The molecule has 0 atom stereocenters. The van der Waals surface area contributed by atoms with Crippen molar-refractivity contribution in [2.45, 2.75) is 39.2 Å². The van der Waals surface area contributed by atoms with Gasteiger partial charge in [0.15, 0.2) is 5.69 Å². The van der Waals surface area contributed by atoms with Gasteiger partial charge >= 0.3 is 5.97 Å². The number of aromatic nitrogens is 3. The molecule has 1 aliphatic heterocycles. The maximum absolute atomic E-state index is 12.6. The second-order valence-electron chi connectivity index (χ2n) is 6.30. The Hall–Kier alpha value is -2.70. The molecule has 1 aromatic heterocycles. The second-order valence-corrected chi connectivity index (χ2v) is 6.30. The zero-order valence-electron chi connectivity index (χ0n) is 13.8. The van der Waals surface area contributed by atoms with Crippen LogP contribution in [0.3, 0.4) is 0 Å². The number of hydrogen-bond acceptors (Lipinski definition) is 4. The highest BCUT2D eigenvalue weighted by Gasteiger charge is 2.23. The fourth-order valence-electron chi connectivity index (χ4n) is 2.93. The third-order valence-corrected chi connectivity index (χ3v) is 4.24. The molecule has 1 N–H and O–H groups in total. The molecule has 1 aromatic carbocycles. The van der Waals surface area contributed by atoms with Crippen LogP contribution in [0.15, 0.2) is 24.4 Å². The Morgan fingerprint density at radius 1 is 1.33 bits per heavy atom. The number of fused-ring (bicyclic) bond motifs is 1.